The number of hydrogen-bond acceptors (Lipinski definition) is 6. The summed E-state index contributed by atoms with van der Waals surface area (Å²) in [5.41, 5.74) is 2.93. The third-order valence-corrected chi connectivity index (χ3v) is 7.99. The van der Waals surface area contributed by atoms with Gasteiger partial charge < -0.3 is 4.74 Å². The van der Waals surface area contributed by atoms with Crippen molar-refractivity contribution in [3.8, 4) is 17.0 Å². The quantitative estimate of drug-likeness (QED) is 0.334. The molecule has 1 amide bonds. The molecule has 0 spiro atoms. The van der Waals surface area contributed by atoms with E-state index in [9.17, 15) is 13.2 Å². The monoisotopic (exact) mass is 513 g/mol. The smallest absolute Gasteiger partial charge is 0.253 e. The highest BCUT2D eigenvalue weighted by Crippen LogP contribution is 2.27. The zero-order chi connectivity index (χ0) is 25.4. The second kappa shape index (κ2) is 12.1. The molecule has 0 unspecified atom stereocenters. The van der Waals surface area contributed by atoms with E-state index in [0.29, 0.717) is 23.8 Å². The van der Waals surface area contributed by atoms with Crippen LogP contribution in [0, 0.1) is 0 Å². The molecule has 1 aromatic heterocycles. The maximum atomic E-state index is 12.9. The zero-order valence-electron chi connectivity index (χ0n) is 20.4. The second-order valence-corrected chi connectivity index (χ2v) is 10.8. The van der Waals surface area contributed by atoms with Crippen molar-refractivity contribution in [3.05, 3.63) is 65.0 Å². The van der Waals surface area contributed by atoms with Gasteiger partial charge in [0.05, 0.1) is 17.7 Å². The predicted molar refractivity (Wildman–Crippen MR) is 142 cm³/mol. The van der Waals surface area contributed by atoms with E-state index in [1.165, 1.54) is 15.6 Å². The Morgan fingerprint density at radius 2 is 1.69 bits per heavy atom. The molecule has 0 saturated heterocycles. The lowest BCUT2D eigenvalue weighted by Crippen LogP contribution is -2.32. The third kappa shape index (κ3) is 6.78. The second-order valence-electron chi connectivity index (χ2n) is 8.02. The fourth-order valence-electron chi connectivity index (χ4n) is 3.47. The van der Waals surface area contributed by atoms with E-state index >= 15 is 0 Å². The number of rotatable bonds is 11. The van der Waals surface area contributed by atoms with Crippen LogP contribution in [0.2, 0.25) is 0 Å². The Morgan fingerprint density at radius 1 is 1.06 bits per heavy atom. The van der Waals surface area contributed by atoms with E-state index in [2.05, 4.69) is 10.3 Å². The normalized spacial score (nSPS) is 12.1. The summed E-state index contributed by atoms with van der Waals surface area (Å²) in [6.07, 6.45) is 3.24. The topological polar surface area (TPSA) is 88.6 Å². The summed E-state index contributed by atoms with van der Waals surface area (Å²) in [4.78, 5) is 17.4. The molecule has 2 aromatic carbocycles. The molecule has 0 aliphatic rings. The highest BCUT2D eigenvalue weighted by Gasteiger charge is 2.22. The number of carbonyl (C=O) groups is 1. The van der Waals surface area contributed by atoms with Crippen LogP contribution in [0.4, 0.5) is 5.13 Å². The summed E-state index contributed by atoms with van der Waals surface area (Å²) in [5.74, 6) is 0.498. The number of thiazole rings is 1. The van der Waals surface area contributed by atoms with Crippen LogP contribution in [-0.2, 0) is 14.8 Å². The van der Waals surface area contributed by atoms with Crippen LogP contribution < -0.4 is 10.1 Å². The number of anilines is 1. The van der Waals surface area contributed by atoms with Crippen molar-refractivity contribution >= 4 is 38.5 Å². The Labute approximate surface area is 211 Å². The summed E-state index contributed by atoms with van der Waals surface area (Å²) in [5, 5.41) is 5.21. The van der Waals surface area contributed by atoms with Gasteiger partial charge in [0, 0.05) is 29.6 Å². The van der Waals surface area contributed by atoms with Crippen molar-refractivity contribution in [1.82, 2.24) is 9.29 Å². The molecule has 3 aromatic rings. The van der Waals surface area contributed by atoms with Gasteiger partial charge in [-0.1, -0.05) is 26.0 Å². The minimum absolute atomic E-state index is 0.257. The van der Waals surface area contributed by atoms with Gasteiger partial charge in [-0.3, -0.25) is 10.1 Å². The number of aromatic nitrogens is 1. The highest BCUT2D eigenvalue weighted by molar-refractivity contribution is 7.89. The van der Waals surface area contributed by atoms with Crippen molar-refractivity contribution in [2.45, 2.75) is 38.5 Å². The molecule has 0 aliphatic heterocycles. The number of nitrogens with one attached hydrogen (secondary N) is 1. The van der Waals surface area contributed by atoms with Gasteiger partial charge in [0.25, 0.3) is 5.91 Å². The number of sulfonamides is 1. The van der Waals surface area contributed by atoms with Gasteiger partial charge in [0.15, 0.2) is 5.13 Å². The Balaban J connectivity index is 1.68. The van der Waals surface area contributed by atoms with Crippen LogP contribution >= 0.6 is 11.3 Å². The van der Waals surface area contributed by atoms with Crippen molar-refractivity contribution in [3.63, 3.8) is 0 Å². The van der Waals surface area contributed by atoms with E-state index < -0.39 is 10.0 Å². The van der Waals surface area contributed by atoms with Crippen molar-refractivity contribution in [2.75, 3.05) is 25.5 Å². The average molecular weight is 514 g/mol. The molecule has 0 fully saturated rings. The number of hydrogen-bond donors (Lipinski definition) is 1. The van der Waals surface area contributed by atoms with Gasteiger partial charge in [0.2, 0.25) is 10.0 Å². The van der Waals surface area contributed by atoms with Crippen molar-refractivity contribution < 1.29 is 17.9 Å². The first-order chi connectivity index (χ1) is 16.8. The molecule has 9 heteroatoms. The van der Waals surface area contributed by atoms with E-state index in [1.807, 2.05) is 43.5 Å². The summed E-state index contributed by atoms with van der Waals surface area (Å²) < 4.78 is 32.6. The first-order valence-electron chi connectivity index (χ1n) is 11.5. The summed E-state index contributed by atoms with van der Waals surface area (Å²) >= 11 is 1.35. The van der Waals surface area contributed by atoms with Gasteiger partial charge in [-0.15, -0.1) is 11.3 Å². The van der Waals surface area contributed by atoms with E-state index in [4.69, 9.17) is 4.74 Å². The van der Waals surface area contributed by atoms with Crippen LogP contribution in [0.1, 0.15) is 39.2 Å². The van der Waals surface area contributed by atoms with E-state index in [0.717, 1.165) is 35.4 Å². The van der Waals surface area contributed by atoms with Gasteiger partial charge in [-0.2, -0.15) is 4.31 Å². The molecule has 0 saturated carbocycles. The van der Waals surface area contributed by atoms with Crippen LogP contribution in [0.15, 0.2) is 64.4 Å². The maximum Gasteiger partial charge on any atom is 0.253 e. The number of carbonyl (C=O) groups excluding carboxylic acids is 1. The Morgan fingerprint density at radius 3 is 2.26 bits per heavy atom. The lowest BCUT2D eigenvalue weighted by Gasteiger charge is -2.21. The molecule has 1 N–H and O–H groups in total. The summed E-state index contributed by atoms with van der Waals surface area (Å²) in [7, 11) is -1.92. The summed E-state index contributed by atoms with van der Waals surface area (Å²) in [6, 6.07) is 14.2. The predicted octanol–water partition coefficient (Wildman–Crippen LogP) is 5.67. The van der Waals surface area contributed by atoms with Gasteiger partial charge in [-0.05, 0) is 67.8 Å². The first-order valence-corrected chi connectivity index (χ1v) is 13.8. The Hall–Kier alpha value is -3.01. The molecule has 0 atom stereocenters. The van der Waals surface area contributed by atoms with Crippen LogP contribution in [-0.4, -0.2) is 43.8 Å². The van der Waals surface area contributed by atoms with E-state index in [1.54, 1.807) is 44.4 Å². The average Bonchev–Trinajstić information content (AvgIpc) is 3.32. The molecular weight excluding hydrogens is 482 g/mol. The number of ether oxygens (including phenoxy) is 1. The van der Waals surface area contributed by atoms with Crippen molar-refractivity contribution in [2.24, 2.45) is 0 Å². The molecule has 0 bridgehead atoms. The van der Waals surface area contributed by atoms with Gasteiger partial charge in [0.1, 0.15) is 5.75 Å². The zero-order valence-corrected chi connectivity index (χ0v) is 22.1. The van der Waals surface area contributed by atoms with E-state index in [-0.39, 0.29) is 10.8 Å². The fraction of sp³-hybridized carbons (Fsp3) is 0.308. The highest BCUT2D eigenvalue weighted by atomic mass is 32.2. The Bertz CT molecular complexity index is 1260. The first kappa shape index (κ1) is 26.6. The number of amides is 1. The molecule has 1 heterocycles. The lowest BCUT2D eigenvalue weighted by atomic mass is 10.1. The number of methoxy groups -OCH3 is 1. The minimum atomic E-state index is -3.53. The van der Waals surface area contributed by atoms with Crippen LogP contribution in [0.25, 0.3) is 17.3 Å². The van der Waals surface area contributed by atoms with Crippen LogP contribution in [0.3, 0.4) is 0 Å². The number of nitrogens with zero attached hydrogens (tertiary/aromatic N) is 2. The molecular formula is C26H31N3O4S2. The maximum absolute atomic E-state index is 12.9. The Kier molecular flexibility index (Phi) is 9.20. The number of benzene rings is 2. The molecule has 35 heavy (non-hydrogen) atoms. The largest absolute Gasteiger partial charge is 0.497 e. The fourth-order valence-corrected chi connectivity index (χ4v) is 5.81. The minimum Gasteiger partial charge on any atom is -0.497 e. The van der Waals surface area contributed by atoms with Gasteiger partial charge in [-0.25, -0.2) is 13.4 Å². The molecule has 3 rings (SSSR count). The SMILES string of the molecule is CCCN(CCC)S(=O)(=O)c1ccc(/C=C(\C)C(=O)Nc2nc(-c3ccc(OC)cc3)cs2)cc1. The van der Waals surface area contributed by atoms with Crippen LogP contribution in [0.5, 0.6) is 5.75 Å². The molecule has 0 aliphatic carbocycles. The van der Waals surface area contributed by atoms with Gasteiger partial charge >= 0.3 is 0 Å². The summed E-state index contributed by atoms with van der Waals surface area (Å²) in [6.45, 7) is 6.63. The molecule has 186 valence electrons. The third-order valence-electron chi connectivity index (χ3n) is 5.32. The standard InChI is InChI=1S/C26H31N3O4S2/c1-5-15-29(16-6-2)35(31,32)23-13-7-20(8-14-23)17-19(3)25(30)28-26-27-24(18-34-26)21-9-11-22(33-4)12-10-21/h7-14,17-18H,5-6,15-16H2,1-4H3,(H,27,28,30)/b19-17+. The van der Waals surface area contributed by atoms with Crippen molar-refractivity contribution in [1.29, 1.82) is 0 Å². The molecule has 0 radical (unpaired) electrons. The molecule has 7 nitrogen and oxygen atoms in total. The lowest BCUT2D eigenvalue weighted by molar-refractivity contribution is -0.112.